The predicted octanol–water partition coefficient (Wildman–Crippen LogP) is 2.97. The number of hydrogen-bond acceptors (Lipinski definition) is 3. The summed E-state index contributed by atoms with van der Waals surface area (Å²) in [6, 6.07) is 16.1. The smallest absolute Gasteiger partial charge is 0.247 e. The summed E-state index contributed by atoms with van der Waals surface area (Å²) in [5.41, 5.74) is 8.05. The molecule has 0 aliphatic heterocycles. The van der Waals surface area contributed by atoms with Crippen LogP contribution in [0.1, 0.15) is 29.8 Å². The highest BCUT2D eigenvalue weighted by atomic mass is 16.2. The molecular formula is C20H20N4O. The summed E-state index contributed by atoms with van der Waals surface area (Å²) in [6.07, 6.45) is 3.24. The Hall–Kier alpha value is -2.95. The van der Waals surface area contributed by atoms with E-state index < -0.39 is 0 Å². The minimum absolute atomic E-state index is 0.144. The topological polar surface area (TPSA) is 59.3 Å². The number of benzene rings is 2. The molecule has 1 aliphatic rings. The van der Waals surface area contributed by atoms with Crippen LogP contribution >= 0.6 is 0 Å². The Morgan fingerprint density at radius 1 is 1.16 bits per heavy atom. The van der Waals surface area contributed by atoms with Crippen molar-refractivity contribution in [3.8, 4) is 0 Å². The molecule has 0 spiro atoms. The first-order valence-electron chi connectivity index (χ1n) is 8.56. The van der Waals surface area contributed by atoms with Crippen LogP contribution in [-0.2, 0) is 24.7 Å². The zero-order chi connectivity index (χ0) is 17.2. The highest BCUT2D eigenvalue weighted by molar-refractivity contribution is 6.03. The number of amides is 1. The van der Waals surface area contributed by atoms with Gasteiger partial charge in [-0.1, -0.05) is 36.4 Å². The fraction of sp³-hybridized carbons (Fsp3) is 0.250. The van der Waals surface area contributed by atoms with Gasteiger partial charge in [0, 0.05) is 12.6 Å². The molecular weight excluding hydrogens is 312 g/mol. The predicted molar refractivity (Wildman–Crippen MR) is 98.5 cm³/mol. The second kappa shape index (κ2) is 6.51. The maximum atomic E-state index is 12.3. The number of hydrazone groups is 1. The van der Waals surface area contributed by atoms with Crippen LogP contribution < -0.4 is 5.43 Å². The molecule has 1 N–H and O–H groups in total. The lowest BCUT2D eigenvalue weighted by atomic mass is 9.90. The Morgan fingerprint density at radius 3 is 2.84 bits per heavy atom. The van der Waals surface area contributed by atoms with Gasteiger partial charge in [-0.3, -0.25) is 4.79 Å². The first kappa shape index (κ1) is 15.6. The summed E-state index contributed by atoms with van der Waals surface area (Å²) in [7, 11) is 1.93. The molecule has 1 amide bonds. The van der Waals surface area contributed by atoms with E-state index in [-0.39, 0.29) is 12.3 Å². The van der Waals surface area contributed by atoms with Crippen LogP contribution in [0.15, 0.2) is 53.6 Å². The second-order valence-corrected chi connectivity index (χ2v) is 6.36. The molecule has 5 nitrogen and oxygen atoms in total. The van der Waals surface area contributed by atoms with E-state index in [0.717, 1.165) is 47.4 Å². The quantitative estimate of drug-likeness (QED) is 0.750. The van der Waals surface area contributed by atoms with E-state index in [4.69, 9.17) is 0 Å². The summed E-state index contributed by atoms with van der Waals surface area (Å²) in [5.74, 6) is 0.594. The van der Waals surface area contributed by atoms with Gasteiger partial charge in [0.25, 0.3) is 0 Å². The summed E-state index contributed by atoms with van der Waals surface area (Å²) < 4.78 is 1.96. The van der Waals surface area contributed by atoms with Gasteiger partial charge in [0.05, 0.1) is 23.2 Å². The van der Waals surface area contributed by atoms with Gasteiger partial charge in [-0.05, 0) is 37.0 Å². The third-order valence-electron chi connectivity index (χ3n) is 4.70. The molecule has 0 bridgehead atoms. The van der Waals surface area contributed by atoms with Crippen LogP contribution in [0.3, 0.4) is 0 Å². The molecule has 2 aromatic carbocycles. The number of carbonyl (C=O) groups excluding carboxylic acids is 1. The fourth-order valence-corrected chi connectivity index (χ4v) is 3.38. The Labute approximate surface area is 146 Å². The molecule has 1 aliphatic carbocycles. The number of rotatable bonds is 3. The lowest BCUT2D eigenvalue weighted by molar-refractivity contribution is -0.120. The number of para-hydroxylation sites is 2. The monoisotopic (exact) mass is 332 g/mol. The van der Waals surface area contributed by atoms with Gasteiger partial charge in [-0.2, -0.15) is 5.10 Å². The van der Waals surface area contributed by atoms with Crippen LogP contribution in [0.25, 0.3) is 11.0 Å². The molecule has 3 aromatic rings. The average Bonchev–Trinajstić information content (AvgIpc) is 2.96. The third-order valence-corrected chi connectivity index (χ3v) is 4.70. The number of nitrogens with one attached hydrogen (secondary N) is 1. The van der Waals surface area contributed by atoms with Crippen LogP contribution in [0, 0.1) is 0 Å². The second-order valence-electron chi connectivity index (χ2n) is 6.36. The Kier molecular flexibility index (Phi) is 4.06. The van der Waals surface area contributed by atoms with Crippen LogP contribution in [0.4, 0.5) is 0 Å². The molecule has 5 heteroatoms. The molecule has 25 heavy (non-hydrogen) atoms. The lowest BCUT2D eigenvalue weighted by Gasteiger charge is -2.17. The Bertz CT molecular complexity index is 971. The number of aromatic nitrogens is 2. The van der Waals surface area contributed by atoms with Gasteiger partial charge in [0.1, 0.15) is 5.82 Å². The summed E-state index contributed by atoms with van der Waals surface area (Å²) in [4.78, 5) is 16.9. The molecule has 126 valence electrons. The number of fused-ring (bicyclic) bond motifs is 2. The van der Waals surface area contributed by atoms with Gasteiger partial charge >= 0.3 is 0 Å². The van der Waals surface area contributed by atoms with Crippen molar-refractivity contribution in [1.82, 2.24) is 15.0 Å². The van der Waals surface area contributed by atoms with Crippen molar-refractivity contribution in [3.63, 3.8) is 0 Å². The van der Waals surface area contributed by atoms with Gasteiger partial charge in [-0.15, -0.1) is 0 Å². The summed E-state index contributed by atoms with van der Waals surface area (Å²) >= 11 is 0. The Balaban J connectivity index is 1.50. The van der Waals surface area contributed by atoms with Gasteiger partial charge in [-0.25, -0.2) is 10.4 Å². The molecule has 0 saturated carbocycles. The average molecular weight is 332 g/mol. The minimum atomic E-state index is -0.144. The van der Waals surface area contributed by atoms with E-state index in [2.05, 4.69) is 27.6 Å². The van der Waals surface area contributed by atoms with E-state index in [0.29, 0.717) is 0 Å². The number of imidazole rings is 1. The molecule has 4 rings (SSSR count). The van der Waals surface area contributed by atoms with Crippen molar-refractivity contribution < 1.29 is 4.79 Å². The Morgan fingerprint density at radius 2 is 1.96 bits per heavy atom. The molecule has 0 unspecified atom stereocenters. The molecule has 0 saturated heterocycles. The van der Waals surface area contributed by atoms with Gasteiger partial charge < -0.3 is 4.57 Å². The summed E-state index contributed by atoms with van der Waals surface area (Å²) in [5, 5.41) is 4.38. The molecule has 0 atom stereocenters. The lowest BCUT2D eigenvalue weighted by Crippen LogP contribution is -2.24. The van der Waals surface area contributed by atoms with E-state index in [1.807, 2.05) is 48.0 Å². The maximum absolute atomic E-state index is 12.3. The van der Waals surface area contributed by atoms with Crippen LogP contribution in [0.5, 0.6) is 0 Å². The number of carbonyl (C=O) groups is 1. The third kappa shape index (κ3) is 3.05. The van der Waals surface area contributed by atoms with Crippen molar-refractivity contribution >= 4 is 22.7 Å². The number of nitrogens with zero attached hydrogens (tertiary/aromatic N) is 3. The molecule has 1 aromatic heterocycles. The normalized spacial score (nSPS) is 15.3. The fourth-order valence-electron chi connectivity index (χ4n) is 3.38. The van der Waals surface area contributed by atoms with Gasteiger partial charge in [0.15, 0.2) is 0 Å². The number of aryl methyl sites for hydroxylation is 2. The van der Waals surface area contributed by atoms with Crippen molar-refractivity contribution in [2.75, 3.05) is 0 Å². The largest absolute Gasteiger partial charge is 0.331 e. The zero-order valence-electron chi connectivity index (χ0n) is 14.2. The first-order chi connectivity index (χ1) is 12.2. The van der Waals surface area contributed by atoms with Crippen LogP contribution in [0.2, 0.25) is 0 Å². The zero-order valence-corrected chi connectivity index (χ0v) is 14.2. The number of hydrogen-bond donors (Lipinski definition) is 1. The van der Waals surface area contributed by atoms with E-state index in [9.17, 15) is 4.79 Å². The SMILES string of the molecule is Cn1c(CC(=O)N/N=C2/CCCc3ccccc32)nc2ccccc21. The maximum Gasteiger partial charge on any atom is 0.247 e. The molecule has 0 radical (unpaired) electrons. The van der Waals surface area contributed by atoms with E-state index in [1.54, 1.807) is 0 Å². The van der Waals surface area contributed by atoms with E-state index in [1.165, 1.54) is 5.56 Å². The minimum Gasteiger partial charge on any atom is -0.331 e. The molecule has 1 heterocycles. The van der Waals surface area contributed by atoms with Crippen molar-refractivity contribution in [3.05, 3.63) is 65.5 Å². The first-order valence-corrected chi connectivity index (χ1v) is 8.56. The summed E-state index contributed by atoms with van der Waals surface area (Å²) in [6.45, 7) is 0. The van der Waals surface area contributed by atoms with Crippen molar-refractivity contribution in [1.29, 1.82) is 0 Å². The van der Waals surface area contributed by atoms with Crippen LogP contribution in [-0.4, -0.2) is 21.2 Å². The highest BCUT2D eigenvalue weighted by Crippen LogP contribution is 2.21. The highest BCUT2D eigenvalue weighted by Gasteiger charge is 2.16. The molecule has 0 fully saturated rings. The van der Waals surface area contributed by atoms with Crippen molar-refractivity contribution in [2.45, 2.75) is 25.7 Å². The van der Waals surface area contributed by atoms with E-state index >= 15 is 0 Å². The van der Waals surface area contributed by atoms with Crippen molar-refractivity contribution in [2.24, 2.45) is 12.1 Å². The standard InChI is InChI=1S/C20H20N4O/c1-24-18-12-5-4-10-17(18)21-19(24)13-20(25)23-22-16-11-6-8-14-7-2-3-9-15(14)16/h2-5,7,9-10,12H,6,8,11,13H2,1H3,(H,23,25)/b22-16-. The van der Waals surface area contributed by atoms with Gasteiger partial charge in [0.2, 0.25) is 5.91 Å².